The van der Waals surface area contributed by atoms with Crippen molar-refractivity contribution in [2.75, 3.05) is 0 Å². The smallest absolute Gasteiger partial charge is 0.325 e. The molecule has 0 radical (unpaired) electrons. The van der Waals surface area contributed by atoms with Crippen LogP contribution in [-0.4, -0.2) is 20.1 Å². The topological polar surface area (TPSA) is 98.8 Å². The third-order valence-corrected chi connectivity index (χ3v) is 2.10. The van der Waals surface area contributed by atoms with Crippen molar-refractivity contribution in [2.45, 2.75) is 20.5 Å². The highest BCUT2D eigenvalue weighted by Gasteiger charge is 2.04. The van der Waals surface area contributed by atoms with Crippen molar-refractivity contribution in [1.82, 2.24) is 15.0 Å². The van der Waals surface area contributed by atoms with Crippen LogP contribution in [0.4, 0.5) is 0 Å². The van der Waals surface area contributed by atoms with Crippen LogP contribution < -0.4 is 11.2 Å². The van der Waals surface area contributed by atoms with Gasteiger partial charge in [-0.2, -0.15) is 0 Å². The van der Waals surface area contributed by atoms with Gasteiger partial charge in [0, 0.05) is 12.4 Å². The highest BCUT2D eigenvalue weighted by atomic mass is 16.3. The van der Waals surface area contributed by atoms with Crippen molar-refractivity contribution in [3.8, 4) is 11.3 Å². The number of aliphatic hydroxyl groups excluding tert-OH is 1. The molecule has 0 bridgehead atoms. The molecule has 0 aliphatic rings. The number of aromatic amines is 2. The van der Waals surface area contributed by atoms with Gasteiger partial charge in [0.15, 0.2) is 0 Å². The van der Waals surface area contributed by atoms with Gasteiger partial charge < -0.3 is 10.1 Å². The van der Waals surface area contributed by atoms with Gasteiger partial charge in [0.25, 0.3) is 5.56 Å². The number of nitrogens with zero attached hydrogens (tertiary/aromatic N) is 1. The number of hydrogen-bond acceptors (Lipinski definition) is 4. The minimum atomic E-state index is -0.555. The van der Waals surface area contributed by atoms with Crippen LogP contribution in [0.3, 0.4) is 0 Å². The maximum atomic E-state index is 11.4. The molecular weight excluding hydrogens is 234 g/mol. The van der Waals surface area contributed by atoms with E-state index in [1.165, 1.54) is 12.4 Å². The molecule has 3 N–H and O–H groups in total. The Bertz CT molecular complexity index is 599. The molecule has 2 heterocycles. The zero-order valence-electron chi connectivity index (χ0n) is 10.2. The van der Waals surface area contributed by atoms with E-state index >= 15 is 0 Å². The molecule has 0 fully saturated rings. The molecule has 2 aromatic rings. The summed E-state index contributed by atoms with van der Waals surface area (Å²) in [5, 5.41) is 8.83. The molecule has 6 heteroatoms. The Hall–Kier alpha value is -2.21. The van der Waals surface area contributed by atoms with Gasteiger partial charge in [-0.15, -0.1) is 0 Å². The SMILES string of the molecule is CC.O=c1[nH]cc(-c2ccc(CO)cn2)c(=O)[nH]1. The number of aliphatic hydroxyl groups is 1. The van der Waals surface area contributed by atoms with Crippen LogP contribution in [0.15, 0.2) is 34.1 Å². The van der Waals surface area contributed by atoms with E-state index in [4.69, 9.17) is 5.11 Å². The zero-order valence-corrected chi connectivity index (χ0v) is 10.2. The number of H-pyrrole nitrogens is 2. The summed E-state index contributed by atoms with van der Waals surface area (Å²) in [6, 6.07) is 3.27. The maximum absolute atomic E-state index is 11.4. The molecule has 0 unspecified atom stereocenters. The van der Waals surface area contributed by atoms with E-state index in [2.05, 4.69) is 15.0 Å². The van der Waals surface area contributed by atoms with Crippen LogP contribution >= 0.6 is 0 Å². The molecule has 0 aliphatic heterocycles. The summed E-state index contributed by atoms with van der Waals surface area (Å²) in [6.07, 6.45) is 2.78. The highest BCUT2D eigenvalue weighted by molar-refractivity contribution is 5.56. The van der Waals surface area contributed by atoms with Crippen molar-refractivity contribution in [3.05, 3.63) is 50.9 Å². The molecule has 6 nitrogen and oxygen atoms in total. The molecule has 0 saturated heterocycles. The number of rotatable bonds is 2. The number of aromatic nitrogens is 3. The summed E-state index contributed by atoms with van der Waals surface area (Å²) in [5.41, 5.74) is 0.331. The van der Waals surface area contributed by atoms with E-state index in [1.54, 1.807) is 12.1 Å². The van der Waals surface area contributed by atoms with Gasteiger partial charge in [-0.05, 0) is 11.6 Å². The summed E-state index contributed by atoms with van der Waals surface area (Å²) in [4.78, 5) is 30.7. The Morgan fingerprint density at radius 2 is 2.00 bits per heavy atom. The molecule has 0 saturated carbocycles. The second-order valence-electron chi connectivity index (χ2n) is 3.20. The van der Waals surface area contributed by atoms with Crippen LogP contribution in [0.2, 0.25) is 0 Å². The third kappa shape index (κ3) is 3.14. The molecule has 0 atom stereocenters. The van der Waals surface area contributed by atoms with E-state index in [-0.39, 0.29) is 12.2 Å². The molecular formula is C12H15N3O3. The van der Waals surface area contributed by atoms with Crippen LogP contribution in [0.1, 0.15) is 19.4 Å². The van der Waals surface area contributed by atoms with Gasteiger partial charge in [0.2, 0.25) is 0 Å². The lowest BCUT2D eigenvalue weighted by Gasteiger charge is -1.99. The van der Waals surface area contributed by atoms with Gasteiger partial charge in [-0.3, -0.25) is 14.8 Å². The number of hydrogen-bond donors (Lipinski definition) is 3. The summed E-state index contributed by atoms with van der Waals surface area (Å²) in [5.74, 6) is 0. The molecule has 0 aliphatic carbocycles. The van der Waals surface area contributed by atoms with Gasteiger partial charge >= 0.3 is 5.69 Å². The normalized spacial score (nSPS) is 9.50. The summed E-state index contributed by atoms with van der Waals surface area (Å²) < 4.78 is 0. The summed E-state index contributed by atoms with van der Waals surface area (Å²) >= 11 is 0. The fraction of sp³-hybridized carbons (Fsp3) is 0.250. The first-order valence-corrected chi connectivity index (χ1v) is 5.59. The zero-order chi connectivity index (χ0) is 13.5. The highest BCUT2D eigenvalue weighted by Crippen LogP contribution is 2.10. The average molecular weight is 249 g/mol. The maximum Gasteiger partial charge on any atom is 0.325 e. The monoisotopic (exact) mass is 249 g/mol. The number of pyridine rings is 1. The van der Waals surface area contributed by atoms with Crippen molar-refractivity contribution in [3.63, 3.8) is 0 Å². The second kappa shape index (κ2) is 6.51. The standard InChI is InChI=1S/C10H9N3O3.C2H6/c14-5-6-1-2-8(11-3-6)7-4-12-10(16)13-9(7)15;1-2/h1-4,14H,5H2,(H2,12,13,15,16);1-2H3. The first-order chi connectivity index (χ1) is 8.70. The fourth-order valence-electron chi connectivity index (χ4n) is 1.28. The molecule has 18 heavy (non-hydrogen) atoms. The minimum Gasteiger partial charge on any atom is -0.392 e. The Kier molecular flexibility index (Phi) is 5.01. The molecule has 0 spiro atoms. The molecule has 0 amide bonds. The quantitative estimate of drug-likeness (QED) is 0.727. The molecule has 0 aromatic carbocycles. The minimum absolute atomic E-state index is 0.102. The van der Waals surface area contributed by atoms with Crippen molar-refractivity contribution < 1.29 is 5.11 Å². The van der Waals surface area contributed by atoms with Crippen LogP contribution in [0.5, 0.6) is 0 Å². The summed E-state index contributed by atoms with van der Waals surface area (Å²) in [7, 11) is 0. The summed E-state index contributed by atoms with van der Waals surface area (Å²) in [6.45, 7) is 3.90. The van der Waals surface area contributed by atoms with Crippen molar-refractivity contribution >= 4 is 0 Å². The average Bonchev–Trinajstić information content (AvgIpc) is 2.41. The second-order valence-corrected chi connectivity index (χ2v) is 3.20. The first-order valence-electron chi connectivity index (χ1n) is 5.59. The third-order valence-electron chi connectivity index (χ3n) is 2.10. The van der Waals surface area contributed by atoms with Gasteiger partial charge in [0.05, 0.1) is 17.9 Å². The predicted octanol–water partition coefficient (Wildman–Crippen LogP) is 0.644. The number of nitrogens with one attached hydrogen (secondary N) is 2. The lowest BCUT2D eigenvalue weighted by atomic mass is 10.2. The van der Waals surface area contributed by atoms with Crippen LogP contribution in [0, 0.1) is 0 Å². The first kappa shape index (κ1) is 13.9. The van der Waals surface area contributed by atoms with E-state index < -0.39 is 11.2 Å². The van der Waals surface area contributed by atoms with Crippen LogP contribution in [0.25, 0.3) is 11.3 Å². The lowest BCUT2D eigenvalue weighted by Crippen LogP contribution is -2.22. The Balaban J connectivity index is 0.000000771. The van der Waals surface area contributed by atoms with Gasteiger partial charge in [-0.25, -0.2) is 4.79 Å². The Morgan fingerprint density at radius 3 is 2.50 bits per heavy atom. The predicted molar refractivity (Wildman–Crippen MR) is 68.2 cm³/mol. The Labute approximate surface area is 103 Å². The largest absolute Gasteiger partial charge is 0.392 e. The Morgan fingerprint density at radius 1 is 1.28 bits per heavy atom. The molecule has 2 rings (SSSR count). The molecule has 2 aromatic heterocycles. The van der Waals surface area contributed by atoms with E-state index in [0.29, 0.717) is 11.3 Å². The van der Waals surface area contributed by atoms with Crippen LogP contribution in [-0.2, 0) is 6.61 Å². The molecule has 96 valence electrons. The van der Waals surface area contributed by atoms with Crippen molar-refractivity contribution in [2.24, 2.45) is 0 Å². The van der Waals surface area contributed by atoms with E-state index in [1.807, 2.05) is 13.8 Å². The van der Waals surface area contributed by atoms with E-state index in [9.17, 15) is 9.59 Å². The fourth-order valence-corrected chi connectivity index (χ4v) is 1.28. The lowest BCUT2D eigenvalue weighted by molar-refractivity contribution is 0.281. The van der Waals surface area contributed by atoms with Crippen molar-refractivity contribution in [1.29, 1.82) is 0 Å². The van der Waals surface area contributed by atoms with Gasteiger partial charge in [0.1, 0.15) is 0 Å². The van der Waals surface area contributed by atoms with E-state index in [0.717, 1.165) is 0 Å². The van der Waals surface area contributed by atoms with Gasteiger partial charge in [-0.1, -0.05) is 19.9 Å².